The minimum Gasteiger partial charge on any atom is -0.456 e. The van der Waals surface area contributed by atoms with E-state index in [2.05, 4.69) is 153 Å². The van der Waals surface area contributed by atoms with Gasteiger partial charge in [0.05, 0.1) is 0 Å². The van der Waals surface area contributed by atoms with Gasteiger partial charge in [-0.25, -0.2) is 15.0 Å². The molecule has 0 radical (unpaired) electrons. The minimum atomic E-state index is -2.08. The Morgan fingerprint density at radius 3 is 1.62 bits per heavy atom. The van der Waals surface area contributed by atoms with Crippen molar-refractivity contribution in [3.05, 3.63) is 164 Å². The third-order valence-corrected chi connectivity index (χ3v) is 14.1. The van der Waals surface area contributed by atoms with Crippen LogP contribution < -0.4 is 10.4 Å². The molecule has 5 heteroatoms. The van der Waals surface area contributed by atoms with Crippen molar-refractivity contribution in [3.8, 4) is 67.5 Å². The lowest BCUT2D eigenvalue weighted by Gasteiger charge is -2.24. The van der Waals surface area contributed by atoms with Crippen molar-refractivity contribution in [2.75, 3.05) is 0 Å². The lowest BCUT2D eigenvalue weighted by atomic mass is 9.94. The normalized spacial score (nSPS) is 13.0. The van der Waals surface area contributed by atoms with Crippen LogP contribution in [-0.2, 0) is 0 Å². The van der Waals surface area contributed by atoms with Gasteiger partial charge in [-0.2, -0.15) is 0 Å². The molecule has 0 aliphatic carbocycles. The summed E-state index contributed by atoms with van der Waals surface area (Å²) in [5.74, 6) is 1.90. The third kappa shape index (κ3) is 4.85. The maximum atomic E-state index is 6.52. The summed E-state index contributed by atoms with van der Waals surface area (Å²) in [4.78, 5) is 15.6. The van der Waals surface area contributed by atoms with Crippen molar-refractivity contribution >= 4 is 40.4 Å². The summed E-state index contributed by atoms with van der Waals surface area (Å²) in [7, 11) is -2.08. The molecule has 4 nitrogen and oxygen atoms in total. The highest BCUT2D eigenvalue weighted by molar-refractivity contribution is 7.04. The van der Waals surface area contributed by atoms with Crippen LogP contribution in [0.25, 0.3) is 89.5 Å². The average Bonchev–Trinajstić information content (AvgIpc) is 3.69. The average molecular weight is 684 g/mol. The molecule has 0 bridgehead atoms. The Balaban J connectivity index is 1.18. The first-order chi connectivity index (χ1) is 25.5. The molecule has 0 spiro atoms. The van der Waals surface area contributed by atoms with Crippen LogP contribution in [0.1, 0.15) is 0 Å². The van der Waals surface area contributed by atoms with Gasteiger partial charge in [-0.05, 0) is 74.1 Å². The second-order valence-corrected chi connectivity index (χ2v) is 18.3. The number of nitrogens with zero attached hydrogens (tertiary/aromatic N) is 3. The summed E-state index contributed by atoms with van der Waals surface area (Å²) in [6.45, 7) is 4.93. The first kappa shape index (κ1) is 30.4. The molecule has 0 unspecified atom stereocenters. The largest absolute Gasteiger partial charge is 0.456 e. The van der Waals surface area contributed by atoms with Gasteiger partial charge in [-0.3, -0.25) is 0 Å². The molecule has 3 heterocycles. The number of hydrogen-bond donors (Lipinski definition) is 0. The Labute approximate surface area is 303 Å². The van der Waals surface area contributed by atoms with E-state index in [9.17, 15) is 0 Å². The van der Waals surface area contributed by atoms with E-state index in [-0.39, 0.29) is 0 Å². The monoisotopic (exact) mass is 683 g/mol. The van der Waals surface area contributed by atoms with Crippen LogP contribution in [0.3, 0.4) is 0 Å². The molecule has 1 aliphatic heterocycles. The van der Waals surface area contributed by atoms with E-state index in [1.54, 1.807) is 0 Å². The highest BCUT2D eigenvalue weighted by Gasteiger charge is 2.40. The Hall–Kier alpha value is -6.43. The molecule has 0 N–H and O–H groups in total. The van der Waals surface area contributed by atoms with Gasteiger partial charge < -0.3 is 4.42 Å². The maximum absolute atomic E-state index is 6.52. The summed E-state index contributed by atoms with van der Waals surface area (Å²) in [6, 6.07) is 57.5. The van der Waals surface area contributed by atoms with E-state index in [1.807, 2.05) is 24.3 Å². The van der Waals surface area contributed by atoms with Crippen LogP contribution >= 0.6 is 0 Å². The second-order valence-electron chi connectivity index (χ2n) is 14.0. The molecule has 9 aromatic rings. The van der Waals surface area contributed by atoms with Gasteiger partial charge in [-0.1, -0.05) is 147 Å². The number of furan rings is 1. The van der Waals surface area contributed by atoms with E-state index >= 15 is 0 Å². The lowest BCUT2D eigenvalue weighted by Crippen LogP contribution is -2.50. The predicted molar refractivity (Wildman–Crippen MR) is 216 cm³/mol. The highest BCUT2D eigenvalue weighted by Crippen LogP contribution is 2.40. The first-order valence-corrected chi connectivity index (χ1v) is 20.7. The predicted octanol–water partition coefficient (Wildman–Crippen LogP) is 10.9. The molecule has 246 valence electrons. The molecule has 0 saturated heterocycles. The molecule has 10 rings (SSSR count). The van der Waals surface area contributed by atoms with E-state index in [1.165, 1.54) is 32.6 Å². The first-order valence-electron chi connectivity index (χ1n) is 17.7. The van der Waals surface area contributed by atoms with Crippen molar-refractivity contribution in [3.63, 3.8) is 0 Å². The number of benzene rings is 7. The van der Waals surface area contributed by atoms with Crippen molar-refractivity contribution in [2.45, 2.75) is 13.1 Å². The van der Waals surface area contributed by atoms with Crippen LogP contribution in [0.5, 0.6) is 0 Å². The summed E-state index contributed by atoms with van der Waals surface area (Å²) in [5.41, 5.74) is 11.8. The summed E-state index contributed by atoms with van der Waals surface area (Å²) in [5, 5.41) is 5.04. The SMILES string of the molecule is C[Si]1(C)c2ccccc2-c2ccc(-c3nc(-c4ccccc4)nc(-c4ccc5c(c4)oc4cc(-c6ccccc6)ccc45)n3)c(-c3ccccc3)c21. The van der Waals surface area contributed by atoms with Gasteiger partial charge in [0, 0.05) is 27.5 Å². The lowest BCUT2D eigenvalue weighted by molar-refractivity contribution is 0.669. The van der Waals surface area contributed by atoms with Crippen molar-refractivity contribution in [1.82, 2.24) is 15.0 Å². The number of fused-ring (bicyclic) bond motifs is 6. The van der Waals surface area contributed by atoms with Gasteiger partial charge in [0.15, 0.2) is 17.5 Å². The van der Waals surface area contributed by atoms with Crippen molar-refractivity contribution in [2.24, 2.45) is 0 Å². The third-order valence-electron chi connectivity index (χ3n) is 10.5. The smallest absolute Gasteiger partial charge is 0.164 e. The Bertz CT molecular complexity index is 2810. The second kappa shape index (κ2) is 11.8. The van der Waals surface area contributed by atoms with Gasteiger partial charge in [-0.15, -0.1) is 0 Å². The standard InChI is InChI=1S/C47H33N3OSi/c1-52(2)42-21-13-12-20-37(42)38-26-27-39(43(44(38)52)31-16-8-4-9-17-31)47-49-45(32-18-10-5-11-19-32)48-46(50-47)34-23-25-36-35-24-22-33(30-14-6-3-7-15-30)28-40(35)51-41(36)29-34/h3-29H,1-2H3. The molecule has 0 fully saturated rings. The fourth-order valence-electron chi connectivity index (χ4n) is 8.03. The van der Waals surface area contributed by atoms with E-state index in [4.69, 9.17) is 19.4 Å². The van der Waals surface area contributed by atoms with Gasteiger partial charge in [0.25, 0.3) is 0 Å². The molecule has 52 heavy (non-hydrogen) atoms. The maximum Gasteiger partial charge on any atom is 0.164 e. The molecular weight excluding hydrogens is 651 g/mol. The molecule has 0 amide bonds. The molecule has 0 saturated carbocycles. The zero-order valence-electron chi connectivity index (χ0n) is 28.8. The van der Waals surface area contributed by atoms with Crippen LogP contribution in [0, 0.1) is 0 Å². The van der Waals surface area contributed by atoms with Crippen LogP contribution in [-0.4, -0.2) is 23.0 Å². The zero-order chi connectivity index (χ0) is 34.8. The Morgan fingerprint density at radius 1 is 0.404 bits per heavy atom. The van der Waals surface area contributed by atoms with E-state index < -0.39 is 8.07 Å². The molecule has 2 aromatic heterocycles. The van der Waals surface area contributed by atoms with Gasteiger partial charge >= 0.3 is 0 Å². The molecule has 1 aliphatic rings. The molecule has 7 aromatic carbocycles. The molecule has 0 atom stereocenters. The highest BCUT2D eigenvalue weighted by atomic mass is 28.3. The van der Waals surface area contributed by atoms with Crippen LogP contribution in [0.4, 0.5) is 0 Å². The van der Waals surface area contributed by atoms with Crippen molar-refractivity contribution in [1.29, 1.82) is 0 Å². The molecular formula is C47H33N3OSi. The quantitative estimate of drug-likeness (QED) is 0.169. The van der Waals surface area contributed by atoms with Gasteiger partial charge in [0.1, 0.15) is 19.2 Å². The fraction of sp³-hybridized carbons (Fsp3) is 0.0426. The van der Waals surface area contributed by atoms with Gasteiger partial charge in [0.2, 0.25) is 0 Å². The van der Waals surface area contributed by atoms with Crippen LogP contribution in [0.2, 0.25) is 13.1 Å². The topological polar surface area (TPSA) is 51.8 Å². The van der Waals surface area contributed by atoms with E-state index in [0.29, 0.717) is 17.5 Å². The summed E-state index contributed by atoms with van der Waals surface area (Å²) >= 11 is 0. The van der Waals surface area contributed by atoms with E-state index in [0.717, 1.165) is 49.8 Å². The summed E-state index contributed by atoms with van der Waals surface area (Å²) < 4.78 is 6.52. The zero-order valence-corrected chi connectivity index (χ0v) is 29.8. The number of hydrogen-bond acceptors (Lipinski definition) is 4. The minimum absolute atomic E-state index is 0.607. The van der Waals surface area contributed by atoms with Crippen LogP contribution in [0.15, 0.2) is 168 Å². The number of rotatable bonds is 5. The summed E-state index contributed by atoms with van der Waals surface area (Å²) in [6.07, 6.45) is 0. The Morgan fingerprint density at radius 2 is 0.923 bits per heavy atom. The van der Waals surface area contributed by atoms with Crippen molar-refractivity contribution < 1.29 is 4.42 Å². The Kier molecular flexibility index (Phi) is 6.91. The fourth-order valence-corrected chi connectivity index (χ4v) is 11.5. The number of aromatic nitrogens is 3.